The van der Waals surface area contributed by atoms with Gasteiger partial charge >= 0.3 is 35.8 Å². The lowest BCUT2D eigenvalue weighted by Crippen LogP contribution is -2.85. The quantitative estimate of drug-likeness (QED) is 0.0201. The molecular formula is C29H31N11O12S2. The third-order valence-electron chi connectivity index (χ3n) is 8.07. The first-order chi connectivity index (χ1) is 25.6. The van der Waals surface area contributed by atoms with Crippen LogP contribution in [0.5, 0.6) is 11.5 Å². The van der Waals surface area contributed by atoms with Crippen molar-refractivity contribution in [2.75, 3.05) is 37.0 Å². The Hall–Kier alpha value is -6.24. The van der Waals surface area contributed by atoms with Gasteiger partial charge in [0, 0.05) is 45.0 Å². The topological polar surface area (TPSA) is 308 Å². The number of hydrogen-bond acceptors (Lipinski definition) is 17. The second-order valence-corrected chi connectivity index (χ2v) is 13.5. The molecule has 6 N–H and O–H groups in total. The largest absolute Gasteiger partial charge is 0.477 e. The van der Waals surface area contributed by atoms with Crippen LogP contribution < -0.4 is 31.3 Å². The van der Waals surface area contributed by atoms with E-state index in [-0.39, 0.29) is 65.3 Å². The van der Waals surface area contributed by atoms with E-state index in [9.17, 15) is 48.3 Å². The van der Waals surface area contributed by atoms with Crippen molar-refractivity contribution in [3.05, 3.63) is 35.0 Å². The summed E-state index contributed by atoms with van der Waals surface area (Å²) in [5.74, 6) is -2.47. The van der Waals surface area contributed by atoms with Gasteiger partial charge in [-0.1, -0.05) is 22.9 Å². The number of ether oxygens (including phenoxy) is 2. The second kappa shape index (κ2) is 15.8. The molecule has 4 heterocycles. The Morgan fingerprint density at radius 2 is 1.81 bits per heavy atom. The number of amides is 7. The number of likely N-dealkylation sites (N-methyl/N-ethyl adjacent to an activating group) is 1. The number of aliphatic carboxylic acids is 1. The number of carbonyl (C=O) groups excluding carboxylic acids is 8. The SMILES string of the molecule is CCN1CCN(C(=O)NC(C(=O)N[C@]2(NC=O)C(=O)N3C(C(=O)O)=C(CSc4nnnn4N)CS[C@H]32)c2ccc(OC(C)=O)c(OC(C)=O)c2)C(=O)C1=O. The lowest BCUT2D eigenvalue weighted by Gasteiger charge is -2.56. The number of thioether (sulfide) groups is 2. The standard InChI is InChI=1S/C29H31N11O12S2/c1-4-37-7-8-38(23(46)22(37)45)27(50)32-19(15-5-6-17(51-13(2)42)18(9-15)52-14(3)43)21(44)33-29(31-12-41)25(49)39-20(24(47)48)16(10-53-26(29)39)11-54-28-34-35-36-40(28)30/h5-6,9,12,19,26H,4,7-8,10-11,30H2,1-3H3,(H,31,41)(H,32,50)(H,33,44)(H,47,48)/t19?,26-,29+/m0/s1. The minimum Gasteiger partial charge on any atom is -0.477 e. The van der Waals surface area contributed by atoms with Gasteiger partial charge in [-0.05, 0) is 40.6 Å². The number of nitrogen functional groups attached to an aromatic ring is 1. The Morgan fingerprint density at radius 3 is 2.43 bits per heavy atom. The number of benzene rings is 1. The second-order valence-electron chi connectivity index (χ2n) is 11.5. The van der Waals surface area contributed by atoms with E-state index in [0.717, 1.165) is 59.2 Å². The van der Waals surface area contributed by atoms with Gasteiger partial charge in [0.05, 0.1) is 0 Å². The molecule has 54 heavy (non-hydrogen) atoms. The highest BCUT2D eigenvalue weighted by Gasteiger charge is 2.66. The Morgan fingerprint density at radius 1 is 1.11 bits per heavy atom. The minimum absolute atomic E-state index is 0.000967. The van der Waals surface area contributed by atoms with Crippen LogP contribution in [0.3, 0.4) is 0 Å². The van der Waals surface area contributed by atoms with Gasteiger partial charge in [-0.25, -0.2) is 9.59 Å². The Balaban J connectivity index is 1.49. The summed E-state index contributed by atoms with van der Waals surface area (Å²) in [6.07, 6.45) is 0.116. The number of carbonyl (C=O) groups is 9. The summed E-state index contributed by atoms with van der Waals surface area (Å²) in [6.45, 7) is 3.72. The molecule has 2 aromatic rings. The van der Waals surface area contributed by atoms with Crippen LogP contribution in [0.25, 0.3) is 0 Å². The Bertz CT molecular complexity index is 1990. The van der Waals surface area contributed by atoms with E-state index in [2.05, 4.69) is 31.5 Å². The summed E-state index contributed by atoms with van der Waals surface area (Å²) in [4.78, 5) is 119. The van der Waals surface area contributed by atoms with Crippen LogP contribution >= 0.6 is 23.5 Å². The molecule has 1 unspecified atom stereocenters. The zero-order valence-corrected chi connectivity index (χ0v) is 30.1. The first kappa shape index (κ1) is 39.0. The average molecular weight is 790 g/mol. The predicted octanol–water partition coefficient (Wildman–Crippen LogP) is -2.72. The number of aromatic nitrogens is 4. The number of urea groups is 1. The molecule has 286 valence electrons. The first-order valence-corrected chi connectivity index (χ1v) is 17.7. The number of nitrogens with two attached hydrogens (primary N) is 1. The number of hydrogen-bond donors (Lipinski definition) is 5. The van der Waals surface area contributed by atoms with Gasteiger partial charge in [0.25, 0.3) is 5.91 Å². The highest BCUT2D eigenvalue weighted by atomic mass is 32.2. The van der Waals surface area contributed by atoms with Gasteiger partial charge in [0.1, 0.15) is 17.1 Å². The van der Waals surface area contributed by atoms with Gasteiger partial charge in [-0.15, -0.1) is 16.6 Å². The van der Waals surface area contributed by atoms with Crippen molar-refractivity contribution in [3.8, 4) is 11.5 Å². The molecular weight excluding hydrogens is 759 g/mol. The molecule has 23 nitrogen and oxygen atoms in total. The van der Waals surface area contributed by atoms with Crippen molar-refractivity contribution in [2.45, 2.75) is 43.0 Å². The van der Waals surface area contributed by atoms with E-state index in [1.54, 1.807) is 6.92 Å². The summed E-state index contributed by atoms with van der Waals surface area (Å²) in [7, 11) is 0. The lowest BCUT2D eigenvalue weighted by atomic mass is 9.94. The van der Waals surface area contributed by atoms with Crippen LogP contribution in [-0.2, 0) is 38.4 Å². The number of nitrogens with one attached hydrogen (secondary N) is 3. The lowest BCUT2D eigenvalue weighted by molar-refractivity contribution is -0.163. The molecule has 2 fully saturated rings. The maximum absolute atomic E-state index is 14.3. The predicted molar refractivity (Wildman–Crippen MR) is 181 cm³/mol. The third kappa shape index (κ3) is 7.47. The number of rotatable bonds is 13. The number of piperazine rings is 1. The van der Waals surface area contributed by atoms with Crippen molar-refractivity contribution < 1.29 is 57.7 Å². The first-order valence-electron chi connectivity index (χ1n) is 15.7. The van der Waals surface area contributed by atoms with Gasteiger partial charge < -0.3 is 41.3 Å². The number of esters is 2. The summed E-state index contributed by atoms with van der Waals surface area (Å²) in [5, 5.41) is 26.8. The molecule has 5 rings (SSSR count). The van der Waals surface area contributed by atoms with Gasteiger partial charge in [0.2, 0.25) is 23.1 Å². The highest BCUT2D eigenvalue weighted by molar-refractivity contribution is 8.01. The fourth-order valence-corrected chi connectivity index (χ4v) is 8.02. The molecule has 0 saturated carbocycles. The fraction of sp³-hybridized carbons (Fsp3) is 0.379. The summed E-state index contributed by atoms with van der Waals surface area (Å²) < 4.78 is 10.3. The van der Waals surface area contributed by atoms with Crippen molar-refractivity contribution in [1.82, 2.24) is 51.0 Å². The maximum atomic E-state index is 14.3. The Labute approximate surface area is 312 Å². The number of imide groups is 1. The minimum atomic E-state index is -2.26. The fourth-order valence-electron chi connectivity index (χ4n) is 5.66. The maximum Gasteiger partial charge on any atom is 0.352 e. The van der Waals surface area contributed by atoms with Gasteiger partial charge in [-0.3, -0.25) is 43.4 Å². The molecule has 3 atom stereocenters. The van der Waals surface area contributed by atoms with Crippen LogP contribution in [0.4, 0.5) is 4.79 Å². The van der Waals surface area contributed by atoms with Crippen LogP contribution in [0, 0.1) is 0 Å². The van der Waals surface area contributed by atoms with E-state index >= 15 is 0 Å². The smallest absolute Gasteiger partial charge is 0.352 e. The van der Waals surface area contributed by atoms with Gasteiger partial charge in [-0.2, -0.15) is 0 Å². The van der Waals surface area contributed by atoms with Crippen LogP contribution in [-0.4, -0.2) is 136 Å². The summed E-state index contributed by atoms with van der Waals surface area (Å²) in [6, 6.07) is 0.373. The van der Waals surface area contributed by atoms with Crippen molar-refractivity contribution in [1.29, 1.82) is 0 Å². The molecule has 0 bridgehead atoms. The van der Waals surface area contributed by atoms with Gasteiger partial charge in [0.15, 0.2) is 11.5 Å². The van der Waals surface area contributed by atoms with Crippen LogP contribution in [0.2, 0.25) is 0 Å². The summed E-state index contributed by atoms with van der Waals surface area (Å²) in [5.41, 5.74) is -2.55. The molecule has 0 spiro atoms. The van der Waals surface area contributed by atoms with E-state index in [1.165, 1.54) is 11.0 Å². The van der Waals surface area contributed by atoms with Crippen LogP contribution in [0.1, 0.15) is 32.4 Å². The average Bonchev–Trinajstić information content (AvgIpc) is 3.54. The number of tetrazole rings is 1. The van der Waals surface area contributed by atoms with Crippen molar-refractivity contribution >= 4 is 77.5 Å². The van der Waals surface area contributed by atoms with Crippen molar-refractivity contribution in [2.24, 2.45) is 0 Å². The Kier molecular flexibility index (Phi) is 11.4. The van der Waals surface area contributed by atoms with Crippen molar-refractivity contribution in [3.63, 3.8) is 0 Å². The zero-order chi connectivity index (χ0) is 39.5. The normalized spacial score (nSPS) is 20.0. The van der Waals surface area contributed by atoms with Crippen LogP contribution in [0.15, 0.2) is 34.6 Å². The zero-order valence-electron chi connectivity index (χ0n) is 28.5. The molecule has 1 aromatic carbocycles. The molecule has 0 aliphatic carbocycles. The van der Waals surface area contributed by atoms with E-state index in [4.69, 9.17) is 15.3 Å². The van der Waals surface area contributed by atoms with E-state index in [0.29, 0.717) is 4.90 Å². The molecule has 0 radical (unpaired) electrons. The molecule has 1 aromatic heterocycles. The highest BCUT2D eigenvalue weighted by Crippen LogP contribution is 2.46. The molecule has 3 aliphatic heterocycles. The summed E-state index contributed by atoms with van der Waals surface area (Å²) >= 11 is 1.99. The number of carboxylic acids is 1. The van der Waals surface area contributed by atoms with E-state index < -0.39 is 70.3 Å². The van der Waals surface area contributed by atoms with E-state index in [1.807, 2.05) is 0 Å². The molecule has 7 amide bonds. The molecule has 25 heteroatoms. The number of carboxylic acid groups (broad SMARTS) is 1. The molecule has 2 saturated heterocycles. The molecule has 3 aliphatic rings. The number of nitrogens with zero attached hydrogens (tertiary/aromatic N) is 7. The monoisotopic (exact) mass is 789 g/mol. The third-order valence-corrected chi connectivity index (χ3v) is 10.5. The number of β-lactam (4-membered cyclic amide) rings is 1. The number of fused-ring (bicyclic) bond motifs is 1.